The van der Waals surface area contributed by atoms with E-state index < -0.39 is 17.5 Å². The van der Waals surface area contributed by atoms with Crippen molar-refractivity contribution >= 4 is 29.9 Å². The fraction of sp³-hybridized carbons (Fsp3) is 0.226. The molecule has 0 atom stereocenters. The number of carbonyl (C=O) groups is 2. The van der Waals surface area contributed by atoms with Crippen molar-refractivity contribution in [1.82, 2.24) is 45.9 Å². The number of aromatic nitrogens is 8. The molecule has 47 heavy (non-hydrogen) atoms. The van der Waals surface area contributed by atoms with Crippen LogP contribution in [0, 0.1) is 13.8 Å². The summed E-state index contributed by atoms with van der Waals surface area (Å²) in [5.41, 5.74) is 2.04. The lowest BCUT2D eigenvalue weighted by Crippen LogP contribution is -2.44. The Morgan fingerprint density at radius 1 is 0.915 bits per heavy atom. The van der Waals surface area contributed by atoms with E-state index in [1.807, 2.05) is 6.08 Å². The number of tetrazole rings is 2. The van der Waals surface area contributed by atoms with Crippen molar-refractivity contribution in [3.8, 4) is 11.5 Å². The summed E-state index contributed by atoms with van der Waals surface area (Å²) in [5.74, 6) is -0.317. The molecule has 1 aliphatic rings. The highest BCUT2D eigenvalue weighted by Crippen LogP contribution is 2.40. The second-order valence-corrected chi connectivity index (χ2v) is 10.9. The first-order chi connectivity index (χ1) is 22.4. The van der Waals surface area contributed by atoms with Crippen molar-refractivity contribution in [3.63, 3.8) is 0 Å². The zero-order valence-electron chi connectivity index (χ0n) is 26.1. The Hall–Kier alpha value is -6.32. The van der Waals surface area contributed by atoms with E-state index >= 15 is 0 Å². The zero-order chi connectivity index (χ0) is 33.7. The standard InChI is InChI=1S/C31H31N11O5/c1-18-35-37-39-41(18)32-16-21-9-11-27(44)25(13-21)29(23-7-6-8-24(15-23)34-30(46)31(4,5)47-20(3)43)26-14-22(10-12-28(26)45)17-33-42-19(2)36-38-40-42/h6,8-17,44-45H,7H2,1-5H3,(H,34,46)/b32-16+,33-17+. The van der Waals surface area contributed by atoms with Gasteiger partial charge in [0.15, 0.2) is 17.2 Å². The minimum absolute atomic E-state index is 0.0735. The molecule has 2 heterocycles. The number of nitrogens with one attached hydrogen (secondary N) is 1. The molecule has 1 amide bonds. The highest BCUT2D eigenvalue weighted by molar-refractivity contribution is 5.94. The highest BCUT2D eigenvalue weighted by atomic mass is 16.6. The topological polar surface area (TPSA) is 208 Å². The molecule has 0 saturated heterocycles. The molecule has 5 rings (SSSR count). The number of hydrogen-bond acceptors (Lipinski definition) is 13. The quantitative estimate of drug-likeness (QED) is 0.179. The molecule has 16 nitrogen and oxygen atoms in total. The predicted octanol–water partition coefficient (Wildman–Crippen LogP) is 2.56. The Bertz CT molecular complexity index is 1900. The number of hydrogen-bond donors (Lipinski definition) is 3. The Morgan fingerprint density at radius 3 is 1.91 bits per heavy atom. The van der Waals surface area contributed by atoms with Crippen LogP contribution in [0.25, 0.3) is 5.57 Å². The Labute approximate surface area is 268 Å². The molecule has 16 heteroatoms. The van der Waals surface area contributed by atoms with Crippen molar-refractivity contribution in [3.05, 3.63) is 99.8 Å². The summed E-state index contributed by atoms with van der Waals surface area (Å²) in [6.45, 7) is 7.61. The third-order valence-corrected chi connectivity index (χ3v) is 6.91. The van der Waals surface area contributed by atoms with Gasteiger partial charge < -0.3 is 20.3 Å². The van der Waals surface area contributed by atoms with Gasteiger partial charge in [-0.1, -0.05) is 6.08 Å². The van der Waals surface area contributed by atoms with Gasteiger partial charge in [0.05, 0.1) is 12.4 Å². The lowest BCUT2D eigenvalue weighted by atomic mass is 9.87. The maximum atomic E-state index is 13.0. The highest BCUT2D eigenvalue weighted by Gasteiger charge is 2.31. The molecular formula is C31H31N11O5. The molecule has 240 valence electrons. The summed E-state index contributed by atoms with van der Waals surface area (Å²) in [4.78, 5) is 27.1. The van der Waals surface area contributed by atoms with Crippen LogP contribution in [0.4, 0.5) is 0 Å². The van der Waals surface area contributed by atoms with Crippen LogP contribution in [0.15, 0.2) is 76.1 Å². The summed E-state index contributed by atoms with van der Waals surface area (Å²) in [7, 11) is 0. The summed E-state index contributed by atoms with van der Waals surface area (Å²) >= 11 is 0. The smallest absolute Gasteiger partial charge is 0.303 e. The molecule has 0 radical (unpaired) electrons. The first-order valence-corrected chi connectivity index (χ1v) is 14.3. The molecule has 0 fully saturated rings. The molecule has 0 unspecified atom stereocenters. The number of phenols is 2. The fourth-order valence-corrected chi connectivity index (χ4v) is 4.62. The number of aromatic hydroxyl groups is 2. The summed E-state index contributed by atoms with van der Waals surface area (Å²) in [6.07, 6.45) is 8.72. The van der Waals surface area contributed by atoms with Gasteiger partial charge in [0.2, 0.25) is 0 Å². The molecule has 4 aromatic rings. The molecule has 1 aliphatic carbocycles. The van der Waals surface area contributed by atoms with Gasteiger partial charge in [0.25, 0.3) is 5.91 Å². The van der Waals surface area contributed by atoms with Crippen molar-refractivity contribution in [2.24, 2.45) is 10.2 Å². The average Bonchev–Trinajstić information content (AvgIpc) is 3.63. The van der Waals surface area contributed by atoms with E-state index in [4.69, 9.17) is 4.74 Å². The zero-order valence-corrected chi connectivity index (χ0v) is 26.1. The normalized spacial score (nSPS) is 13.3. The molecule has 2 aromatic carbocycles. The minimum Gasteiger partial charge on any atom is -0.507 e. The molecular weight excluding hydrogens is 606 g/mol. The van der Waals surface area contributed by atoms with Crippen molar-refractivity contribution in [2.75, 3.05) is 0 Å². The first kappa shape index (κ1) is 32.1. The van der Waals surface area contributed by atoms with E-state index in [0.29, 0.717) is 57.2 Å². The Balaban J connectivity index is 1.64. The minimum atomic E-state index is -1.43. The fourth-order valence-electron chi connectivity index (χ4n) is 4.62. The molecule has 0 spiro atoms. The van der Waals surface area contributed by atoms with E-state index in [1.165, 1.54) is 54.9 Å². The first-order valence-electron chi connectivity index (χ1n) is 14.3. The van der Waals surface area contributed by atoms with Crippen LogP contribution in [0.5, 0.6) is 11.5 Å². The average molecular weight is 638 g/mol. The third-order valence-electron chi connectivity index (χ3n) is 6.91. The van der Waals surface area contributed by atoms with Gasteiger partial charge in [-0.05, 0) is 126 Å². The number of esters is 1. The van der Waals surface area contributed by atoms with Crippen LogP contribution >= 0.6 is 0 Å². The molecule has 0 saturated carbocycles. The monoisotopic (exact) mass is 637 g/mol. The lowest BCUT2D eigenvalue weighted by molar-refractivity contribution is -0.162. The summed E-state index contributed by atoms with van der Waals surface area (Å²) in [6, 6.07) is 9.78. The van der Waals surface area contributed by atoms with Crippen LogP contribution in [0.3, 0.4) is 0 Å². The summed E-state index contributed by atoms with van der Waals surface area (Å²) in [5, 5.41) is 56.3. The largest absolute Gasteiger partial charge is 0.507 e. The Kier molecular flexibility index (Phi) is 9.11. The number of allylic oxidation sites excluding steroid dienone is 4. The van der Waals surface area contributed by atoms with Crippen molar-refractivity contribution < 1.29 is 24.5 Å². The summed E-state index contributed by atoms with van der Waals surface area (Å²) < 4.78 is 5.19. The van der Waals surface area contributed by atoms with E-state index in [0.717, 1.165) is 0 Å². The van der Waals surface area contributed by atoms with Crippen LogP contribution in [0.1, 0.15) is 61.1 Å². The molecule has 2 aromatic heterocycles. The number of amides is 1. The number of nitrogens with zero attached hydrogens (tertiary/aromatic N) is 10. The van der Waals surface area contributed by atoms with E-state index in [-0.39, 0.29) is 11.5 Å². The van der Waals surface area contributed by atoms with E-state index in [2.05, 4.69) is 46.6 Å². The van der Waals surface area contributed by atoms with Crippen molar-refractivity contribution in [1.29, 1.82) is 0 Å². The van der Waals surface area contributed by atoms with Gasteiger partial charge in [-0.25, -0.2) is 0 Å². The second kappa shape index (κ2) is 13.4. The Morgan fingerprint density at radius 2 is 1.45 bits per heavy atom. The van der Waals surface area contributed by atoms with E-state index in [1.54, 1.807) is 50.3 Å². The second-order valence-electron chi connectivity index (χ2n) is 10.9. The van der Waals surface area contributed by atoms with Gasteiger partial charge in [0.1, 0.15) is 11.5 Å². The van der Waals surface area contributed by atoms with Gasteiger partial charge in [-0.3, -0.25) is 9.59 Å². The van der Waals surface area contributed by atoms with Crippen molar-refractivity contribution in [2.45, 2.75) is 46.6 Å². The third kappa shape index (κ3) is 7.50. The predicted molar refractivity (Wildman–Crippen MR) is 169 cm³/mol. The maximum absolute atomic E-state index is 13.0. The van der Waals surface area contributed by atoms with E-state index in [9.17, 15) is 19.8 Å². The lowest BCUT2D eigenvalue weighted by Gasteiger charge is -2.24. The number of rotatable bonds is 9. The van der Waals surface area contributed by atoms with Gasteiger partial charge >= 0.3 is 5.97 Å². The SMILES string of the molecule is CC(=O)OC(C)(C)C(=O)NC1=CC(=C(c2cc(/C=N/n3nnnc3C)ccc2O)c2cc(/C=N/n3nnnc3C)ccc2O)CC=C1. The van der Waals surface area contributed by atoms with Gasteiger partial charge in [-0.2, -0.15) is 10.2 Å². The van der Waals surface area contributed by atoms with Gasteiger partial charge in [-0.15, -0.1) is 19.8 Å². The maximum Gasteiger partial charge on any atom is 0.303 e. The number of phenolic OH excluding ortho intramolecular Hbond substituents is 2. The number of aryl methyl sites for hydroxylation is 2. The van der Waals surface area contributed by atoms with Crippen LogP contribution < -0.4 is 5.32 Å². The molecule has 3 N–H and O–H groups in total. The number of benzene rings is 2. The van der Waals surface area contributed by atoms with Crippen LogP contribution in [0.2, 0.25) is 0 Å². The van der Waals surface area contributed by atoms with Gasteiger partial charge in [0, 0.05) is 23.7 Å². The molecule has 0 aliphatic heterocycles. The van der Waals surface area contributed by atoms with Crippen LogP contribution in [-0.4, -0.2) is 80.8 Å². The number of ether oxygens (including phenoxy) is 1. The number of carbonyl (C=O) groups excluding carboxylic acids is 2. The van der Waals surface area contributed by atoms with Crippen LogP contribution in [-0.2, 0) is 14.3 Å². The molecule has 0 bridgehead atoms.